The molecule has 20 heavy (non-hydrogen) atoms. The van der Waals surface area contributed by atoms with Gasteiger partial charge in [0.25, 0.3) is 0 Å². The molecule has 0 radical (unpaired) electrons. The highest BCUT2D eigenvalue weighted by molar-refractivity contribution is 9.10. The molecule has 1 aromatic rings. The SMILES string of the molecule is CC1CC(C(=O)O)C(C(=O)Nc2ccc(F)cc2Br)C1. The number of carbonyl (C=O) groups is 2. The van der Waals surface area contributed by atoms with Crippen LogP contribution in [0.2, 0.25) is 0 Å². The van der Waals surface area contributed by atoms with Crippen LogP contribution in [0.25, 0.3) is 0 Å². The number of aliphatic carboxylic acids is 1. The zero-order valence-corrected chi connectivity index (χ0v) is 12.5. The lowest BCUT2D eigenvalue weighted by atomic mass is 9.95. The number of hydrogen-bond acceptors (Lipinski definition) is 2. The molecule has 6 heteroatoms. The van der Waals surface area contributed by atoms with Gasteiger partial charge in [-0.05, 0) is 52.9 Å². The molecule has 1 aliphatic carbocycles. The van der Waals surface area contributed by atoms with Crippen LogP contribution in [0.15, 0.2) is 22.7 Å². The van der Waals surface area contributed by atoms with E-state index in [0.29, 0.717) is 23.0 Å². The molecule has 2 N–H and O–H groups in total. The summed E-state index contributed by atoms with van der Waals surface area (Å²) in [7, 11) is 0. The molecule has 1 aromatic carbocycles. The second-order valence-corrected chi connectivity index (χ2v) is 6.10. The third kappa shape index (κ3) is 3.17. The van der Waals surface area contributed by atoms with E-state index in [9.17, 15) is 14.0 Å². The molecule has 0 heterocycles. The van der Waals surface area contributed by atoms with Crippen molar-refractivity contribution in [2.75, 3.05) is 5.32 Å². The third-order valence-electron chi connectivity index (χ3n) is 3.64. The summed E-state index contributed by atoms with van der Waals surface area (Å²) in [4.78, 5) is 23.4. The van der Waals surface area contributed by atoms with E-state index in [1.54, 1.807) is 0 Å². The van der Waals surface area contributed by atoms with Gasteiger partial charge in [0.2, 0.25) is 5.91 Å². The van der Waals surface area contributed by atoms with Gasteiger partial charge in [-0.3, -0.25) is 9.59 Å². The van der Waals surface area contributed by atoms with Gasteiger partial charge in [0, 0.05) is 4.47 Å². The van der Waals surface area contributed by atoms with Gasteiger partial charge in [-0.25, -0.2) is 4.39 Å². The maximum atomic E-state index is 13.0. The highest BCUT2D eigenvalue weighted by atomic mass is 79.9. The van der Waals surface area contributed by atoms with Gasteiger partial charge in [0.15, 0.2) is 0 Å². The normalized spacial score (nSPS) is 25.4. The number of carboxylic acids is 1. The summed E-state index contributed by atoms with van der Waals surface area (Å²) in [5, 5.41) is 11.8. The Bertz CT molecular complexity index is 549. The van der Waals surface area contributed by atoms with E-state index in [1.165, 1.54) is 18.2 Å². The Morgan fingerprint density at radius 1 is 1.35 bits per heavy atom. The molecular formula is C14H15BrFNO3. The number of carbonyl (C=O) groups excluding carboxylic acids is 1. The summed E-state index contributed by atoms with van der Waals surface area (Å²) >= 11 is 3.17. The predicted octanol–water partition coefficient (Wildman–Crippen LogP) is 3.27. The fraction of sp³-hybridized carbons (Fsp3) is 0.429. The van der Waals surface area contributed by atoms with E-state index in [-0.39, 0.29) is 11.8 Å². The molecule has 0 aliphatic heterocycles. The molecule has 1 fully saturated rings. The molecule has 2 rings (SSSR count). The van der Waals surface area contributed by atoms with E-state index >= 15 is 0 Å². The average molecular weight is 344 g/mol. The van der Waals surface area contributed by atoms with Crippen molar-refractivity contribution in [3.05, 3.63) is 28.5 Å². The summed E-state index contributed by atoms with van der Waals surface area (Å²) in [5.41, 5.74) is 0.445. The minimum Gasteiger partial charge on any atom is -0.481 e. The van der Waals surface area contributed by atoms with Crippen molar-refractivity contribution in [3.63, 3.8) is 0 Å². The van der Waals surface area contributed by atoms with Crippen LogP contribution in [0.1, 0.15) is 19.8 Å². The van der Waals surface area contributed by atoms with Crippen LogP contribution >= 0.6 is 15.9 Å². The molecule has 108 valence electrons. The summed E-state index contributed by atoms with van der Waals surface area (Å²) in [6.45, 7) is 1.94. The van der Waals surface area contributed by atoms with Crippen LogP contribution in [0.3, 0.4) is 0 Å². The highest BCUT2D eigenvalue weighted by Gasteiger charge is 2.41. The topological polar surface area (TPSA) is 66.4 Å². The first kappa shape index (κ1) is 15.0. The zero-order chi connectivity index (χ0) is 14.9. The second kappa shape index (κ2) is 5.91. The van der Waals surface area contributed by atoms with Crippen LogP contribution in [-0.4, -0.2) is 17.0 Å². The maximum Gasteiger partial charge on any atom is 0.307 e. The zero-order valence-electron chi connectivity index (χ0n) is 10.9. The minimum absolute atomic E-state index is 0.212. The smallest absolute Gasteiger partial charge is 0.307 e. The van der Waals surface area contributed by atoms with E-state index in [4.69, 9.17) is 5.11 Å². The summed E-state index contributed by atoms with van der Waals surface area (Å²) in [6, 6.07) is 3.94. The van der Waals surface area contributed by atoms with Crippen molar-refractivity contribution in [1.82, 2.24) is 0 Å². The molecular weight excluding hydrogens is 329 g/mol. The lowest BCUT2D eigenvalue weighted by Gasteiger charge is -2.16. The molecule has 0 aromatic heterocycles. The van der Waals surface area contributed by atoms with Gasteiger partial charge >= 0.3 is 5.97 Å². The Morgan fingerprint density at radius 3 is 2.60 bits per heavy atom. The molecule has 0 bridgehead atoms. The van der Waals surface area contributed by atoms with Crippen LogP contribution in [-0.2, 0) is 9.59 Å². The standard InChI is InChI=1S/C14H15BrFNO3/c1-7-4-9(10(5-7)14(19)20)13(18)17-12-3-2-8(16)6-11(12)15/h2-3,6-7,9-10H,4-5H2,1H3,(H,17,18)(H,19,20). The van der Waals surface area contributed by atoms with Crippen molar-refractivity contribution >= 4 is 33.5 Å². The average Bonchev–Trinajstić information content (AvgIpc) is 2.75. The van der Waals surface area contributed by atoms with E-state index < -0.39 is 23.6 Å². The van der Waals surface area contributed by atoms with Gasteiger partial charge in [-0.15, -0.1) is 0 Å². The molecule has 4 nitrogen and oxygen atoms in total. The number of amides is 1. The number of hydrogen-bond donors (Lipinski definition) is 2. The summed E-state index contributed by atoms with van der Waals surface area (Å²) in [6.07, 6.45) is 1.07. The van der Waals surface area contributed by atoms with Crippen LogP contribution in [0, 0.1) is 23.6 Å². The number of rotatable bonds is 3. The van der Waals surface area contributed by atoms with E-state index in [2.05, 4.69) is 21.2 Å². The Kier molecular flexibility index (Phi) is 4.42. The van der Waals surface area contributed by atoms with Crippen LogP contribution < -0.4 is 5.32 Å². The van der Waals surface area contributed by atoms with Crippen LogP contribution in [0.4, 0.5) is 10.1 Å². The number of nitrogens with one attached hydrogen (secondary N) is 1. The first-order valence-electron chi connectivity index (χ1n) is 6.37. The Balaban J connectivity index is 2.13. The first-order valence-corrected chi connectivity index (χ1v) is 7.16. The number of benzene rings is 1. The van der Waals surface area contributed by atoms with E-state index in [0.717, 1.165) is 0 Å². The fourth-order valence-corrected chi connectivity index (χ4v) is 3.12. The molecule has 0 spiro atoms. The molecule has 1 saturated carbocycles. The molecule has 1 aliphatic rings. The lowest BCUT2D eigenvalue weighted by molar-refractivity contribution is -0.145. The van der Waals surface area contributed by atoms with Gasteiger partial charge in [0.1, 0.15) is 5.82 Å². The summed E-state index contributed by atoms with van der Waals surface area (Å²) < 4.78 is 13.4. The number of anilines is 1. The fourth-order valence-electron chi connectivity index (χ4n) is 2.67. The monoisotopic (exact) mass is 343 g/mol. The van der Waals surface area contributed by atoms with Gasteiger partial charge in [0.05, 0.1) is 17.5 Å². The number of carboxylic acid groups (broad SMARTS) is 1. The highest BCUT2D eigenvalue weighted by Crippen LogP contribution is 2.37. The molecule has 3 unspecified atom stereocenters. The van der Waals surface area contributed by atoms with Crippen molar-refractivity contribution in [2.24, 2.45) is 17.8 Å². The van der Waals surface area contributed by atoms with Crippen molar-refractivity contribution < 1.29 is 19.1 Å². The second-order valence-electron chi connectivity index (χ2n) is 5.24. The summed E-state index contributed by atoms with van der Waals surface area (Å²) in [5.74, 6) is -2.65. The first-order chi connectivity index (χ1) is 9.38. The molecule has 0 saturated heterocycles. The third-order valence-corrected chi connectivity index (χ3v) is 4.30. The van der Waals surface area contributed by atoms with Gasteiger partial charge < -0.3 is 10.4 Å². The largest absolute Gasteiger partial charge is 0.481 e. The molecule has 3 atom stereocenters. The van der Waals surface area contributed by atoms with Gasteiger partial charge in [-0.2, -0.15) is 0 Å². The Hall–Kier alpha value is -1.43. The van der Waals surface area contributed by atoms with Crippen molar-refractivity contribution in [3.8, 4) is 0 Å². The van der Waals surface area contributed by atoms with Crippen LogP contribution in [0.5, 0.6) is 0 Å². The maximum absolute atomic E-state index is 13.0. The van der Waals surface area contributed by atoms with E-state index in [1.807, 2.05) is 6.92 Å². The molecule has 1 amide bonds. The Morgan fingerprint density at radius 2 is 2.00 bits per heavy atom. The predicted molar refractivity (Wildman–Crippen MR) is 75.7 cm³/mol. The lowest BCUT2D eigenvalue weighted by Crippen LogP contribution is -2.30. The van der Waals surface area contributed by atoms with Crippen molar-refractivity contribution in [2.45, 2.75) is 19.8 Å². The minimum atomic E-state index is -0.937. The Labute approximate surface area is 124 Å². The quantitative estimate of drug-likeness (QED) is 0.884. The van der Waals surface area contributed by atoms with Gasteiger partial charge in [-0.1, -0.05) is 6.92 Å². The van der Waals surface area contributed by atoms with Crippen molar-refractivity contribution in [1.29, 1.82) is 0 Å². The number of halogens is 2.